The second-order valence-electron chi connectivity index (χ2n) is 7.29. The number of carboxylic acid groups (broad SMARTS) is 1. The Morgan fingerprint density at radius 2 is 1.71 bits per heavy atom. The molecular formula is C22H17F3N6Na2O2. The minimum absolute atomic E-state index is 0. The number of imidazole rings is 1. The number of tetrazole rings is 1. The molecule has 0 amide bonds. The standard InChI is InChI=1S/C22H19F3N6O2.2Na/c1-2-5-17-26-19(22(23,24)25)18(21(32)33)31(17)12-13-8-10-14(11-9-13)15-6-3-4-7-16(15)20-27-29-30-28-20;;/h3-4,6-11H,2,5,12H2,1H3,(H2,27,28,29,30,32,33);;/q;2*+1/p-2. The molecule has 4 rings (SSSR count). The van der Waals surface area contributed by atoms with E-state index >= 15 is 0 Å². The smallest absolute Gasteiger partial charge is 0.543 e. The average Bonchev–Trinajstić information content (AvgIpc) is 3.43. The maximum atomic E-state index is 13.4. The van der Waals surface area contributed by atoms with Gasteiger partial charge in [0.1, 0.15) is 5.82 Å². The van der Waals surface area contributed by atoms with E-state index in [0.717, 1.165) is 21.3 Å². The van der Waals surface area contributed by atoms with Gasteiger partial charge in [0.2, 0.25) is 0 Å². The number of hydrogen-bond acceptors (Lipinski definition) is 6. The molecule has 2 heterocycles. The summed E-state index contributed by atoms with van der Waals surface area (Å²) in [5, 5.41) is 26.4. The van der Waals surface area contributed by atoms with Gasteiger partial charge in [0.05, 0.1) is 11.7 Å². The normalized spacial score (nSPS) is 11.0. The fourth-order valence-electron chi connectivity index (χ4n) is 3.64. The van der Waals surface area contributed by atoms with Gasteiger partial charge in [-0.3, -0.25) is 10.3 Å². The Balaban J connectivity index is 0.00000216. The third-order valence-corrected chi connectivity index (χ3v) is 5.07. The number of nitrogens with zero attached hydrogens (tertiary/aromatic N) is 6. The van der Waals surface area contributed by atoms with E-state index in [2.05, 4.69) is 25.6 Å². The van der Waals surface area contributed by atoms with E-state index in [1.54, 1.807) is 31.2 Å². The van der Waals surface area contributed by atoms with Crippen LogP contribution >= 0.6 is 0 Å². The van der Waals surface area contributed by atoms with Crippen LogP contribution in [0.1, 0.15) is 40.9 Å². The van der Waals surface area contributed by atoms with E-state index in [-0.39, 0.29) is 77.9 Å². The Hall–Kier alpha value is -2.02. The molecule has 35 heavy (non-hydrogen) atoms. The number of carbonyl (C=O) groups excluding carboxylic acids is 1. The van der Waals surface area contributed by atoms with Crippen molar-refractivity contribution in [3.8, 4) is 22.5 Å². The second-order valence-corrected chi connectivity index (χ2v) is 7.29. The molecule has 4 aromatic rings. The van der Waals surface area contributed by atoms with Gasteiger partial charge in [0, 0.05) is 18.8 Å². The monoisotopic (exact) mass is 500 g/mol. The maximum absolute atomic E-state index is 13.4. The zero-order valence-electron chi connectivity index (χ0n) is 19.4. The van der Waals surface area contributed by atoms with Gasteiger partial charge in [-0.15, -0.1) is 0 Å². The Morgan fingerprint density at radius 3 is 2.26 bits per heavy atom. The predicted octanol–water partition coefficient (Wildman–Crippen LogP) is -3.25. The van der Waals surface area contributed by atoms with E-state index < -0.39 is 23.5 Å². The zero-order chi connectivity index (χ0) is 23.6. The van der Waals surface area contributed by atoms with Gasteiger partial charge < -0.3 is 19.6 Å². The van der Waals surface area contributed by atoms with Crippen molar-refractivity contribution >= 4 is 5.97 Å². The number of rotatable bonds is 7. The Bertz CT molecular complexity index is 1280. The summed E-state index contributed by atoms with van der Waals surface area (Å²) in [6, 6.07) is 14.4. The van der Waals surface area contributed by atoms with Crippen LogP contribution in [0.4, 0.5) is 13.2 Å². The van der Waals surface area contributed by atoms with E-state index in [4.69, 9.17) is 0 Å². The minimum Gasteiger partial charge on any atom is -0.543 e. The molecule has 0 saturated heterocycles. The Kier molecular flexibility index (Phi) is 10.3. The van der Waals surface area contributed by atoms with Gasteiger partial charge in [-0.1, -0.05) is 55.5 Å². The quantitative estimate of drug-likeness (QED) is 0.245. The van der Waals surface area contributed by atoms with Gasteiger partial charge >= 0.3 is 65.3 Å². The summed E-state index contributed by atoms with van der Waals surface area (Å²) in [6.45, 7) is 1.68. The molecule has 0 atom stereocenters. The minimum atomic E-state index is -4.90. The average molecular weight is 500 g/mol. The molecule has 0 aliphatic rings. The van der Waals surface area contributed by atoms with Gasteiger partial charge in [-0.05, 0) is 28.7 Å². The van der Waals surface area contributed by atoms with Crippen LogP contribution in [0, 0.1) is 0 Å². The number of aryl methyl sites for hydroxylation is 1. The molecule has 0 unspecified atom stereocenters. The summed E-state index contributed by atoms with van der Waals surface area (Å²) in [5.74, 6) is -1.50. The SMILES string of the molecule is CCCc1nc(C(F)(F)F)c(C(=O)[O-])n1Cc1ccc(-c2ccccc2-c2nnn[n-]2)cc1.[Na+].[Na+]. The first-order valence-corrected chi connectivity index (χ1v) is 10.0. The van der Waals surface area contributed by atoms with E-state index in [9.17, 15) is 23.1 Å². The van der Waals surface area contributed by atoms with E-state index in [0.29, 0.717) is 17.8 Å². The van der Waals surface area contributed by atoms with Crippen molar-refractivity contribution in [2.45, 2.75) is 32.5 Å². The first kappa shape index (κ1) is 29.2. The Labute approximate surface area is 242 Å². The summed E-state index contributed by atoms with van der Waals surface area (Å²) in [6.07, 6.45) is -4.20. The van der Waals surface area contributed by atoms with Crippen LogP contribution in [0.15, 0.2) is 48.5 Å². The van der Waals surface area contributed by atoms with Gasteiger partial charge in [0.15, 0.2) is 5.69 Å². The topological polar surface area (TPSA) is 111 Å². The molecule has 0 bridgehead atoms. The van der Waals surface area contributed by atoms with Crippen LogP contribution < -0.4 is 69.3 Å². The molecule has 2 aromatic heterocycles. The van der Waals surface area contributed by atoms with Crippen LogP contribution in [0.5, 0.6) is 0 Å². The molecule has 8 nitrogen and oxygen atoms in total. The Morgan fingerprint density at radius 1 is 1.06 bits per heavy atom. The predicted molar refractivity (Wildman–Crippen MR) is 109 cm³/mol. The number of hydrogen-bond donors (Lipinski definition) is 0. The van der Waals surface area contributed by atoms with Crippen LogP contribution in [0.25, 0.3) is 22.5 Å². The number of aromatic carboxylic acids is 1. The molecule has 0 N–H and O–H groups in total. The summed E-state index contributed by atoms with van der Waals surface area (Å²) >= 11 is 0. The summed E-state index contributed by atoms with van der Waals surface area (Å²) in [7, 11) is 0. The van der Waals surface area contributed by atoms with Gasteiger partial charge in [-0.2, -0.15) is 18.4 Å². The second kappa shape index (κ2) is 12.3. The van der Waals surface area contributed by atoms with Crippen LogP contribution in [-0.4, -0.2) is 31.0 Å². The number of aromatic nitrogens is 6. The number of alkyl halides is 3. The number of halogens is 3. The largest absolute Gasteiger partial charge is 1.00 e. The van der Waals surface area contributed by atoms with Crippen LogP contribution in [0.2, 0.25) is 0 Å². The molecule has 0 radical (unpaired) electrons. The van der Waals surface area contributed by atoms with Crippen molar-refractivity contribution in [1.29, 1.82) is 0 Å². The molecule has 0 aliphatic heterocycles. The fourth-order valence-corrected chi connectivity index (χ4v) is 3.64. The van der Waals surface area contributed by atoms with Crippen molar-refractivity contribution in [2.24, 2.45) is 0 Å². The molecular weight excluding hydrogens is 483 g/mol. The zero-order valence-corrected chi connectivity index (χ0v) is 23.4. The molecule has 0 fully saturated rings. The van der Waals surface area contributed by atoms with Crippen molar-refractivity contribution < 1.29 is 82.2 Å². The van der Waals surface area contributed by atoms with E-state index in [1.165, 1.54) is 0 Å². The van der Waals surface area contributed by atoms with Gasteiger partial charge in [-0.25, -0.2) is 4.98 Å². The number of benzene rings is 2. The molecule has 2 aromatic carbocycles. The third kappa shape index (κ3) is 6.41. The number of carbonyl (C=O) groups is 1. The number of carboxylic acids is 1. The first-order valence-electron chi connectivity index (χ1n) is 10.0. The fraction of sp³-hybridized carbons (Fsp3) is 0.227. The summed E-state index contributed by atoms with van der Waals surface area (Å²) in [5.41, 5.74) is 0.569. The maximum Gasteiger partial charge on any atom is 1.00 e. The summed E-state index contributed by atoms with van der Waals surface area (Å²) < 4.78 is 41.2. The van der Waals surface area contributed by atoms with Gasteiger partial charge in [0.25, 0.3) is 0 Å². The van der Waals surface area contributed by atoms with Crippen molar-refractivity contribution in [1.82, 2.24) is 30.2 Å². The van der Waals surface area contributed by atoms with Crippen LogP contribution in [0.3, 0.4) is 0 Å². The third-order valence-electron chi connectivity index (χ3n) is 5.07. The van der Waals surface area contributed by atoms with Crippen LogP contribution in [-0.2, 0) is 19.1 Å². The molecule has 0 spiro atoms. The summed E-state index contributed by atoms with van der Waals surface area (Å²) in [4.78, 5) is 15.2. The molecule has 13 heteroatoms. The molecule has 0 saturated carbocycles. The molecule has 0 aliphatic carbocycles. The first-order chi connectivity index (χ1) is 15.8. The van der Waals surface area contributed by atoms with E-state index in [1.807, 2.05) is 24.3 Å². The van der Waals surface area contributed by atoms with Crippen molar-refractivity contribution in [2.75, 3.05) is 0 Å². The van der Waals surface area contributed by atoms with Crippen molar-refractivity contribution in [3.05, 3.63) is 71.3 Å². The van der Waals surface area contributed by atoms with Crippen molar-refractivity contribution in [3.63, 3.8) is 0 Å². The molecule has 170 valence electrons.